The second kappa shape index (κ2) is 9.69. The Bertz CT molecular complexity index is 1990. The number of carbonyl (C=O) groups excluding carboxylic acids is 5. The highest BCUT2D eigenvalue weighted by Crippen LogP contribution is 2.72. The summed E-state index contributed by atoms with van der Waals surface area (Å²) in [6.07, 6.45) is 0. The molecule has 5 aliphatic rings. The average molecular weight is 678 g/mol. The van der Waals surface area contributed by atoms with Gasteiger partial charge in [0.05, 0.1) is 46.0 Å². The van der Waals surface area contributed by atoms with Crippen LogP contribution in [0, 0.1) is 29.1 Å². The van der Waals surface area contributed by atoms with Gasteiger partial charge in [-0.1, -0.05) is 95.7 Å². The monoisotopic (exact) mass is 676 g/mol. The van der Waals surface area contributed by atoms with Crippen LogP contribution in [-0.2, 0) is 28.7 Å². The number of hydrogen-bond acceptors (Lipinski definition) is 6. The van der Waals surface area contributed by atoms with Gasteiger partial charge >= 0.3 is 5.97 Å². The molecule has 46 heavy (non-hydrogen) atoms. The van der Waals surface area contributed by atoms with Crippen LogP contribution in [0.1, 0.15) is 20.8 Å². The molecular formula is C37H29BrN2O6. The maximum atomic E-state index is 14.8. The highest BCUT2D eigenvalue weighted by molar-refractivity contribution is 9.10. The molecule has 3 fully saturated rings. The Morgan fingerprint density at radius 1 is 0.696 bits per heavy atom. The van der Waals surface area contributed by atoms with E-state index in [0.29, 0.717) is 16.9 Å². The molecule has 2 aliphatic heterocycles. The Balaban J connectivity index is 1.36. The number of halogens is 1. The van der Waals surface area contributed by atoms with Crippen molar-refractivity contribution in [3.63, 3.8) is 0 Å². The van der Waals surface area contributed by atoms with Gasteiger partial charge in [-0.05, 0) is 42.3 Å². The molecule has 6 atom stereocenters. The van der Waals surface area contributed by atoms with Gasteiger partial charge in [0.1, 0.15) is 0 Å². The van der Waals surface area contributed by atoms with E-state index in [1.165, 1.54) is 9.80 Å². The fourth-order valence-electron chi connectivity index (χ4n) is 9.01. The molecule has 0 radical (unpaired) electrons. The van der Waals surface area contributed by atoms with E-state index < -0.39 is 63.0 Å². The highest BCUT2D eigenvalue weighted by Gasteiger charge is 2.81. The van der Waals surface area contributed by atoms with Crippen LogP contribution in [0.15, 0.2) is 96.1 Å². The van der Waals surface area contributed by atoms with Crippen LogP contribution in [0.2, 0.25) is 0 Å². The summed E-state index contributed by atoms with van der Waals surface area (Å²) in [7, 11) is 0. The largest absolute Gasteiger partial charge is 0.463 e. The molecule has 0 aromatic heterocycles. The molecule has 2 heterocycles. The number of ether oxygens (including phenoxy) is 1. The molecule has 4 amide bonds. The number of imide groups is 2. The zero-order chi connectivity index (χ0) is 32.3. The normalized spacial score (nSPS) is 30.1. The van der Waals surface area contributed by atoms with Crippen LogP contribution in [0.5, 0.6) is 0 Å². The van der Waals surface area contributed by atoms with E-state index in [4.69, 9.17) is 4.74 Å². The van der Waals surface area contributed by atoms with Gasteiger partial charge in [0.2, 0.25) is 23.6 Å². The van der Waals surface area contributed by atoms with Crippen molar-refractivity contribution in [2.75, 3.05) is 16.4 Å². The van der Waals surface area contributed by atoms with Crippen molar-refractivity contribution in [2.24, 2.45) is 29.1 Å². The lowest BCUT2D eigenvalue weighted by Gasteiger charge is -2.59. The van der Waals surface area contributed by atoms with Crippen molar-refractivity contribution in [3.05, 3.63) is 96.1 Å². The molecular weight excluding hydrogens is 648 g/mol. The SMILES string of the molecule is CCOC(=O)C1=C(C)C2(Br)[C@@H]3C(=O)N(c4cccc5ccccc45)C(=O)[C@@H]3C1(C)[C@@H]1C(=O)N(c3cccc4ccccc34)C(=O)[C@@H]12. The van der Waals surface area contributed by atoms with Crippen molar-refractivity contribution in [1.82, 2.24) is 0 Å². The molecule has 9 heteroatoms. The number of benzene rings is 4. The minimum absolute atomic E-state index is 0.0766. The molecule has 8 nitrogen and oxygen atoms in total. The van der Waals surface area contributed by atoms with E-state index in [-0.39, 0.29) is 12.2 Å². The molecule has 9 rings (SSSR count). The average Bonchev–Trinajstić information content (AvgIpc) is 3.49. The summed E-state index contributed by atoms with van der Waals surface area (Å²) in [6, 6.07) is 25.8. The first kappa shape index (κ1) is 28.8. The van der Waals surface area contributed by atoms with Crippen LogP contribution in [0.25, 0.3) is 21.5 Å². The second-order valence-corrected chi connectivity index (χ2v) is 14.0. The third-order valence-corrected chi connectivity index (χ3v) is 12.4. The van der Waals surface area contributed by atoms with E-state index in [2.05, 4.69) is 15.9 Å². The zero-order valence-corrected chi connectivity index (χ0v) is 26.9. The standard InChI is InChI=1S/C37H29BrN2O6/c1-4-46-35(45)26-19(2)37(38)29-27(31(41)39(33(29)43)24-17-9-13-20-11-5-7-15-22(20)24)36(26,3)28-30(37)34(44)40(32(28)42)25-18-10-14-21-12-6-8-16-23(21)25/h5-18,27-30H,4H2,1-3H3/t27-,28+,29+,30-,36?,37?. The van der Waals surface area contributed by atoms with Crippen molar-refractivity contribution in [2.45, 2.75) is 25.1 Å². The fraction of sp³-hybridized carbons (Fsp3) is 0.270. The first-order chi connectivity index (χ1) is 22.1. The predicted octanol–water partition coefficient (Wildman–Crippen LogP) is 5.95. The lowest BCUT2D eigenvalue weighted by atomic mass is 9.43. The number of rotatable bonds is 4. The van der Waals surface area contributed by atoms with Gasteiger partial charge in [0.25, 0.3) is 0 Å². The molecule has 2 bridgehead atoms. The van der Waals surface area contributed by atoms with Crippen molar-refractivity contribution in [1.29, 1.82) is 0 Å². The highest BCUT2D eigenvalue weighted by atomic mass is 79.9. The number of esters is 1. The molecule has 3 aliphatic carbocycles. The number of alkyl halides is 1. The Labute approximate surface area is 273 Å². The number of amides is 4. The van der Waals surface area contributed by atoms with Crippen LogP contribution >= 0.6 is 15.9 Å². The molecule has 0 spiro atoms. The molecule has 2 saturated heterocycles. The quantitative estimate of drug-likeness (QED) is 0.150. The van der Waals surface area contributed by atoms with Crippen molar-refractivity contribution >= 4 is 78.4 Å². The Morgan fingerprint density at radius 2 is 1.11 bits per heavy atom. The lowest BCUT2D eigenvalue weighted by molar-refractivity contribution is -0.152. The van der Waals surface area contributed by atoms with Crippen LogP contribution < -0.4 is 9.80 Å². The minimum atomic E-state index is -1.51. The number of allylic oxidation sites excluding steroid dienone is 1. The number of hydrogen-bond donors (Lipinski definition) is 0. The number of fused-ring (bicyclic) bond motifs is 2. The van der Waals surface area contributed by atoms with Crippen LogP contribution in [0.3, 0.4) is 0 Å². The van der Waals surface area contributed by atoms with E-state index in [0.717, 1.165) is 21.5 Å². The molecule has 4 aromatic carbocycles. The maximum absolute atomic E-state index is 14.8. The summed E-state index contributed by atoms with van der Waals surface area (Å²) in [6.45, 7) is 5.17. The zero-order valence-electron chi connectivity index (χ0n) is 25.3. The Hall–Kier alpha value is -4.63. The number of nitrogens with zero attached hydrogens (tertiary/aromatic N) is 2. The molecule has 0 N–H and O–H groups in total. The summed E-state index contributed by atoms with van der Waals surface area (Å²) >= 11 is 3.87. The van der Waals surface area contributed by atoms with Crippen LogP contribution in [0.4, 0.5) is 11.4 Å². The van der Waals surface area contributed by atoms with E-state index in [1.54, 1.807) is 45.0 Å². The van der Waals surface area contributed by atoms with Crippen molar-refractivity contribution < 1.29 is 28.7 Å². The first-order valence-electron chi connectivity index (χ1n) is 15.4. The summed E-state index contributed by atoms with van der Waals surface area (Å²) in [5.41, 5.74) is -0.0399. The lowest BCUT2D eigenvalue weighted by Crippen LogP contribution is -2.67. The van der Waals surface area contributed by atoms with Gasteiger partial charge in [0, 0.05) is 21.8 Å². The summed E-state index contributed by atoms with van der Waals surface area (Å²) < 4.78 is 4.04. The van der Waals surface area contributed by atoms with Gasteiger partial charge in [-0.15, -0.1) is 0 Å². The van der Waals surface area contributed by atoms with E-state index in [9.17, 15) is 24.0 Å². The Morgan fingerprint density at radius 3 is 1.57 bits per heavy atom. The van der Waals surface area contributed by atoms with Gasteiger partial charge in [0.15, 0.2) is 0 Å². The maximum Gasteiger partial charge on any atom is 0.334 e. The summed E-state index contributed by atoms with van der Waals surface area (Å²) in [4.78, 5) is 75.2. The number of anilines is 2. The third kappa shape index (κ3) is 3.31. The topological polar surface area (TPSA) is 101 Å². The molecule has 230 valence electrons. The summed E-state index contributed by atoms with van der Waals surface area (Å²) in [5.74, 6) is -6.92. The van der Waals surface area contributed by atoms with Crippen molar-refractivity contribution in [3.8, 4) is 0 Å². The van der Waals surface area contributed by atoms with E-state index in [1.807, 2.05) is 60.7 Å². The number of carbonyl (C=O) groups is 5. The van der Waals surface area contributed by atoms with Gasteiger partial charge in [-0.25, -0.2) is 14.6 Å². The minimum Gasteiger partial charge on any atom is -0.463 e. The first-order valence-corrected chi connectivity index (χ1v) is 16.2. The van der Waals surface area contributed by atoms with Crippen LogP contribution in [-0.4, -0.2) is 40.5 Å². The van der Waals surface area contributed by atoms with E-state index >= 15 is 0 Å². The molecule has 1 saturated carbocycles. The summed E-state index contributed by atoms with van der Waals surface area (Å²) in [5, 5.41) is 3.15. The van der Waals surface area contributed by atoms with Gasteiger partial charge in [-0.3, -0.25) is 19.2 Å². The third-order valence-electron chi connectivity index (χ3n) is 10.8. The molecule has 2 unspecified atom stereocenters. The molecule has 4 aromatic rings. The predicted molar refractivity (Wildman–Crippen MR) is 176 cm³/mol. The second-order valence-electron chi connectivity index (χ2n) is 12.7. The smallest absolute Gasteiger partial charge is 0.334 e. The van der Waals surface area contributed by atoms with Gasteiger partial charge < -0.3 is 4.74 Å². The van der Waals surface area contributed by atoms with Gasteiger partial charge in [-0.2, -0.15) is 0 Å². The fourth-order valence-corrected chi connectivity index (χ4v) is 10.1. The Kier molecular flexibility index (Phi) is 6.07.